The number of hydrogen-bond donors (Lipinski definition) is 0. The molecular weight excluding hydrogens is 394 g/mol. The van der Waals surface area contributed by atoms with Gasteiger partial charge in [0, 0.05) is 38.9 Å². The molecule has 2 atom stereocenters. The van der Waals surface area contributed by atoms with E-state index in [1.54, 1.807) is 7.11 Å². The van der Waals surface area contributed by atoms with E-state index < -0.39 is 0 Å². The predicted octanol–water partition coefficient (Wildman–Crippen LogP) is 3.91. The number of hydrogen-bond acceptors (Lipinski definition) is 5. The van der Waals surface area contributed by atoms with Crippen molar-refractivity contribution in [1.29, 1.82) is 0 Å². The maximum atomic E-state index is 13.3. The molecule has 1 amide bonds. The highest BCUT2D eigenvalue weighted by atomic mass is 16.5. The van der Waals surface area contributed by atoms with Crippen LogP contribution in [0.3, 0.4) is 0 Å². The summed E-state index contributed by atoms with van der Waals surface area (Å²) in [6.07, 6.45) is 5.45. The highest BCUT2D eigenvalue weighted by Crippen LogP contribution is 2.37. The van der Waals surface area contributed by atoms with Crippen LogP contribution in [0.1, 0.15) is 57.2 Å². The molecule has 1 aliphatic heterocycles. The summed E-state index contributed by atoms with van der Waals surface area (Å²) in [4.78, 5) is 15.3. The van der Waals surface area contributed by atoms with Crippen LogP contribution < -0.4 is 4.74 Å². The molecule has 4 rings (SSSR count). The second-order valence-electron chi connectivity index (χ2n) is 8.36. The van der Waals surface area contributed by atoms with Crippen molar-refractivity contribution in [3.8, 4) is 11.6 Å². The van der Waals surface area contributed by atoms with Crippen molar-refractivity contribution in [3.05, 3.63) is 42.1 Å². The SMILES string of the molecule is COCCCOc1cc([C@@H](C)N(C(=O)[C@H]2CCCCO2)C2CC2)nn1-c1ccccc1. The molecule has 7 nitrogen and oxygen atoms in total. The Morgan fingerprint density at radius 3 is 2.71 bits per heavy atom. The van der Waals surface area contributed by atoms with Crippen LogP contribution in [0.2, 0.25) is 0 Å². The molecule has 0 bridgehead atoms. The Balaban J connectivity index is 1.57. The zero-order chi connectivity index (χ0) is 21.6. The normalized spacial score (nSPS) is 19.7. The van der Waals surface area contributed by atoms with E-state index in [2.05, 4.69) is 6.92 Å². The minimum absolute atomic E-state index is 0.103. The summed E-state index contributed by atoms with van der Waals surface area (Å²) in [5, 5.41) is 4.86. The Bertz CT molecular complexity index is 844. The van der Waals surface area contributed by atoms with Crippen molar-refractivity contribution < 1.29 is 19.0 Å². The molecule has 1 aromatic carbocycles. The Morgan fingerprint density at radius 1 is 1.23 bits per heavy atom. The molecule has 1 saturated carbocycles. The maximum absolute atomic E-state index is 13.3. The topological polar surface area (TPSA) is 65.8 Å². The standard InChI is InChI=1S/C24H33N3O4/c1-18(26(19-12-13-19)24(28)22-11-6-7-15-30-22)21-17-23(31-16-8-14-29-2)27(25-21)20-9-4-3-5-10-20/h3-5,9-10,17-19,22H,6-8,11-16H2,1-2H3/t18-,22-/m1/s1. The van der Waals surface area contributed by atoms with Crippen molar-refractivity contribution in [3.63, 3.8) is 0 Å². The van der Waals surface area contributed by atoms with E-state index in [4.69, 9.17) is 19.3 Å². The summed E-state index contributed by atoms with van der Waals surface area (Å²) < 4.78 is 18.8. The van der Waals surface area contributed by atoms with Crippen LogP contribution in [0.4, 0.5) is 0 Å². The van der Waals surface area contributed by atoms with E-state index in [1.165, 1.54) is 0 Å². The third-order valence-electron chi connectivity index (χ3n) is 5.93. The van der Waals surface area contributed by atoms with Gasteiger partial charge in [-0.25, -0.2) is 4.68 Å². The van der Waals surface area contributed by atoms with E-state index >= 15 is 0 Å². The van der Waals surface area contributed by atoms with Gasteiger partial charge in [0.2, 0.25) is 5.88 Å². The van der Waals surface area contributed by atoms with Crippen LogP contribution in [-0.4, -0.2) is 59.7 Å². The van der Waals surface area contributed by atoms with Gasteiger partial charge in [-0.05, 0) is 51.2 Å². The molecule has 168 valence electrons. The van der Waals surface area contributed by atoms with E-state index in [-0.39, 0.29) is 24.1 Å². The molecule has 0 unspecified atom stereocenters. The van der Waals surface area contributed by atoms with Crippen LogP contribution >= 0.6 is 0 Å². The predicted molar refractivity (Wildman–Crippen MR) is 117 cm³/mol. The van der Waals surface area contributed by atoms with Gasteiger partial charge in [0.1, 0.15) is 6.10 Å². The zero-order valence-electron chi connectivity index (χ0n) is 18.5. The Kier molecular flexibility index (Phi) is 7.25. The smallest absolute Gasteiger partial charge is 0.252 e. The van der Waals surface area contributed by atoms with Gasteiger partial charge in [0.25, 0.3) is 5.91 Å². The van der Waals surface area contributed by atoms with Crippen molar-refractivity contribution in [1.82, 2.24) is 14.7 Å². The summed E-state index contributed by atoms with van der Waals surface area (Å²) >= 11 is 0. The van der Waals surface area contributed by atoms with Crippen molar-refractivity contribution in [2.24, 2.45) is 0 Å². The second kappa shape index (κ2) is 10.3. The van der Waals surface area contributed by atoms with Gasteiger partial charge in [-0.15, -0.1) is 0 Å². The highest BCUT2D eigenvalue weighted by molar-refractivity contribution is 5.82. The lowest BCUT2D eigenvalue weighted by molar-refractivity contribution is -0.149. The van der Waals surface area contributed by atoms with E-state index in [9.17, 15) is 4.79 Å². The van der Waals surface area contributed by atoms with Gasteiger partial charge in [-0.2, -0.15) is 5.10 Å². The number of carbonyl (C=O) groups is 1. The van der Waals surface area contributed by atoms with Gasteiger partial charge < -0.3 is 19.1 Å². The average Bonchev–Trinajstić information content (AvgIpc) is 3.55. The third-order valence-corrected chi connectivity index (χ3v) is 5.93. The van der Waals surface area contributed by atoms with Crippen LogP contribution in [0.5, 0.6) is 5.88 Å². The van der Waals surface area contributed by atoms with Crippen LogP contribution in [0.25, 0.3) is 5.69 Å². The van der Waals surface area contributed by atoms with Gasteiger partial charge in [0.05, 0.1) is 24.0 Å². The number of para-hydroxylation sites is 1. The fourth-order valence-electron chi connectivity index (χ4n) is 4.11. The lowest BCUT2D eigenvalue weighted by Crippen LogP contribution is -2.44. The molecule has 0 radical (unpaired) electrons. The van der Waals surface area contributed by atoms with E-state index in [0.29, 0.717) is 25.7 Å². The van der Waals surface area contributed by atoms with E-state index in [1.807, 2.05) is 46.0 Å². The fraction of sp³-hybridized carbons (Fsp3) is 0.583. The highest BCUT2D eigenvalue weighted by Gasteiger charge is 2.40. The van der Waals surface area contributed by atoms with Gasteiger partial charge in [-0.1, -0.05) is 18.2 Å². The maximum Gasteiger partial charge on any atom is 0.252 e. The van der Waals surface area contributed by atoms with Gasteiger partial charge in [-0.3, -0.25) is 4.79 Å². The number of aromatic nitrogens is 2. The Hall–Kier alpha value is -2.38. The van der Waals surface area contributed by atoms with E-state index in [0.717, 1.165) is 49.9 Å². The molecule has 7 heteroatoms. The molecule has 0 N–H and O–H groups in total. The van der Waals surface area contributed by atoms with Crippen LogP contribution in [-0.2, 0) is 14.3 Å². The molecule has 2 aliphatic rings. The van der Waals surface area contributed by atoms with Crippen LogP contribution in [0.15, 0.2) is 36.4 Å². The Morgan fingerprint density at radius 2 is 2.03 bits per heavy atom. The molecule has 2 heterocycles. The first-order valence-corrected chi connectivity index (χ1v) is 11.4. The number of nitrogens with zero attached hydrogens (tertiary/aromatic N) is 3. The Labute approximate surface area is 184 Å². The number of amides is 1. The van der Waals surface area contributed by atoms with Gasteiger partial charge >= 0.3 is 0 Å². The quantitative estimate of drug-likeness (QED) is 0.538. The molecule has 2 fully saturated rings. The summed E-state index contributed by atoms with van der Waals surface area (Å²) in [5.74, 6) is 0.785. The number of carbonyl (C=O) groups excluding carboxylic acids is 1. The first-order chi connectivity index (χ1) is 15.2. The minimum atomic E-state index is -0.322. The summed E-state index contributed by atoms with van der Waals surface area (Å²) in [6, 6.07) is 12.1. The van der Waals surface area contributed by atoms with Crippen molar-refractivity contribution in [2.45, 2.75) is 63.6 Å². The number of ether oxygens (including phenoxy) is 3. The number of benzene rings is 1. The molecule has 1 aromatic heterocycles. The fourth-order valence-corrected chi connectivity index (χ4v) is 4.11. The molecule has 31 heavy (non-hydrogen) atoms. The lowest BCUT2D eigenvalue weighted by Gasteiger charge is -2.33. The summed E-state index contributed by atoms with van der Waals surface area (Å²) in [6.45, 7) is 3.92. The number of methoxy groups -OCH3 is 1. The minimum Gasteiger partial charge on any atom is -0.477 e. The summed E-state index contributed by atoms with van der Waals surface area (Å²) in [7, 11) is 1.69. The second-order valence-corrected chi connectivity index (χ2v) is 8.36. The molecule has 2 aromatic rings. The van der Waals surface area contributed by atoms with Gasteiger partial charge in [0.15, 0.2) is 0 Å². The number of rotatable bonds is 10. The average molecular weight is 428 g/mol. The first kappa shape index (κ1) is 21.8. The molecular formula is C24H33N3O4. The molecule has 1 saturated heterocycles. The molecule has 1 aliphatic carbocycles. The zero-order valence-corrected chi connectivity index (χ0v) is 18.5. The third kappa shape index (κ3) is 5.28. The van der Waals surface area contributed by atoms with Crippen molar-refractivity contribution >= 4 is 5.91 Å². The molecule has 0 spiro atoms. The summed E-state index contributed by atoms with van der Waals surface area (Å²) in [5.41, 5.74) is 1.77. The van der Waals surface area contributed by atoms with Crippen LogP contribution in [0, 0.1) is 0 Å². The largest absolute Gasteiger partial charge is 0.477 e. The lowest BCUT2D eigenvalue weighted by atomic mass is 10.1. The first-order valence-electron chi connectivity index (χ1n) is 11.4. The monoisotopic (exact) mass is 427 g/mol. The van der Waals surface area contributed by atoms with Crippen molar-refractivity contribution in [2.75, 3.05) is 26.9 Å².